The van der Waals surface area contributed by atoms with Gasteiger partial charge in [0, 0.05) is 25.9 Å². The number of halogens is 1. The smallest absolute Gasteiger partial charge is 0.509 e. The maximum atomic E-state index is 14.4. The summed E-state index contributed by atoms with van der Waals surface area (Å²) in [7, 11) is -1.94. The van der Waals surface area contributed by atoms with E-state index in [1.165, 1.54) is 12.4 Å². The number of anilines is 1. The van der Waals surface area contributed by atoms with E-state index in [9.17, 15) is 9.18 Å². The summed E-state index contributed by atoms with van der Waals surface area (Å²) in [6.07, 6.45) is 2.57. The largest absolute Gasteiger partial charge is 0.707 e. The fourth-order valence-corrected chi connectivity index (χ4v) is 2.18. The van der Waals surface area contributed by atoms with Crippen LogP contribution in [-0.2, 0) is 9.53 Å². The molecule has 0 spiro atoms. The van der Waals surface area contributed by atoms with Crippen molar-refractivity contribution in [2.75, 3.05) is 24.6 Å². The number of carbonyl (C=O) groups is 1. The van der Waals surface area contributed by atoms with Crippen molar-refractivity contribution >= 4 is 19.2 Å². The number of carbonyl (C=O) groups excluding carboxylic acids is 1. The summed E-state index contributed by atoms with van der Waals surface area (Å²) in [5.41, 5.74) is -1.96. The molecule has 120 valence electrons. The number of hydrogen-bond donors (Lipinski definition) is 2. The number of piperidine rings is 1. The van der Waals surface area contributed by atoms with Crippen molar-refractivity contribution in [2.24, 2.45) is 0 Å². The van der Waals surface area contributed by atoms with Gasteiger partial charge in [-0.15, -0.1) is 0 Å². The first-order chi connectivity index (χ1) is 10.4. The second-order valence-corrected chi connectivity index (χ2v) is 4.84. The van der Waals surface area contributed by atoms with Crippen LogP contribution >= 0.6 is 0 Å². The molecule has 2 heterocycles. The number of esters is 1. The number of alkyl halides is 1. The van der Waals surface area contributed by atoms with Crippen molar-refractivity contribution in [2.45, 2.75) is 25.4 Å². The third-order valence-electron chi connectivity index (χ3n) is 3.34. The SMILES string of the molecule is CCOC(=O)C1(F)CCN(c2ncc(OB(O)O)cn2)CC1. The van der Waals surface area contributed by atoms with Crippen LogP contribution in [0.15, 0.2) is 12.4 Å². The van der Waals surface area contributed by atoms with Crippen molar-refractivity contribution in [3.8, 4) is 5.75 Å². The third-order valence-corrected chi connectivity index (χ3v) is 3.34. The van der Waals surface area contributed by atoms with Crippen LogP contribution in [0, 0.1) is 0 Å². The van der Waals surface area contributed by atoms with Gasteiger partial charge in [-0.25, -0.2) is 19.2 Å². The van der Waals surface area contributed by atoms with E-state index < -0.39 is 19.0 Å². The van der Waals surface area contributed by atoms with Gasteiger partial charge in [0.05, 0.1) is 19.0 Å². The van der Waals surface area contributed by atoms with Gasteiger partial charge in [-0.05, 0) is 6.92 Å². The van der Waals surface area contributed by atoms with Gasteiger partial charge in [0.1, 0.15) is 5.75 Å². The van der Waals surface area contributed by atoms with Crippen LogP contribution in [0.4, 0.5) is 10.3 Å². The van der Waals surface area contributed by atoms with Gasteiger partial charge in [0.15, 0.2) is 0 Å². The zero-order valence-electron chi connectivity index (χ0n) is 12.1. The van der Waals surface area contributed by atoms with Gasteiger partial charge in [0.2, 0.25) is 11.6 Å². The normalized spacial score (nSPS) is 17.0. The minimum Gasteiger partial charge on any atom is -0.509 e. The monoisotopic (exact) mass is 313 g/mol. The highest BCUT2D eigenvalue weighted by atomic mass is 19.1. The Labute approximate surface area is 127 Å². The summed E-state index contributed by atoms with van der Waals surface area (Å²) in [5.74, 6) is -0.371. The molecule has 0 aliphatic carbocycles. The molecule has 0 bridgehead atoms. The van der Waals surface area contributed by atoms with Crippen molar-refractivity contribution in [1.82, 2.24) is 9.97 Å². The molecule has 1 aliphatic rings. The lowest BCUT2D eigenvalue weighted by atomic mass is 9.93. The number of aromatic nitrogens is 2. The van der Waals surface area contributed by atoms with E-state index in [-0.39, 0.29) is 38.3 Å². The molecule has 22 heavy (non-hydrogen) atoms. The number of nitrogens with zero attached hydrogens (tertiary/aromatic N) is 3. The van der Waals surface area contributed by atoms with E-state index in [0.29, 0.717) is 5.95 Å². The lowest BCUT2D eigenvalue weighted by molar-refractivity contribution is -0.158. The Morgan fingerprint density at radius 2 is 2.00 bits per heavy atom. The molecule has 0 radical (unpaired) electrons. The summed E-state index contributed by atoms with van der Waals surface area (Å²) in [6, 6.07) is 0. The molecule has 10 heteroatoms. The molecule has 1 aliphatic heterocycles. The Bertz CT molecular complexity index is 508. The van der Waals surface area contributed by atoms with Crippen LogP contribution in [-0.4, -0.2) is 58.7 Å². The molecule has 1 saturated heterocycles. The molecule has 0 atom stereocenters. The molecule has 0 unspecified atom stereocenters. The summed E-state index contributed by atoms with van der Waals surface area (Å²) in [6.45, 7) is 2.34. The highest BCUT2D eigenvalue weighted by Gasteiger charge is 2.43. The molecule has 2 rings (SSSR count). The minimum absolute atomic E-state index is 0.00278. The minimum atomic E-state index is -1.96. The zero-order chi connectivity index (χ0) is 16.2. The Balaban J connectivity index is 1.95. The average molecular weight is 313 g/mol. The predicted octanol–water partition coefficient (Wildman–Crippen LogP) is -0.304. The second-order valence-electron chi connectivity index (χ2n) is 4.84. The Kier molecular flexibility index (Phi) is 5.14. The first-order valence-corrected chi connectivity index (χ1v) is 6.90. The van der Waals surface area contributed by atoms with E-state index in [1.54, 1.807) is 11.8 Å². The maximum Gasteiger partial charge on any atom is 0.707 e. The first-order valence-electron chi connectivity index (χ1n) is 6.90. The van der Waals surface area contributed by atoms with Gasteiger partial charge in [-0.1, -0.05) is 0 Å². The quantitative estimate of drug-likeness (QED) is 0.564. The molecule has 1 fully saturated rings. The van der Waals surface area contributed by atoms with Gasteiger partial charge in [-0.2, -0.15) is 0 Å². The highest BCUT2D eigenvalue weighted by Crippen LogP contribution is 2.29. The van der Waals surface area contributed by atoms with Crippen LogP contribution in [0.1, 0.15) is 19.8 Å². The van der Waals surface area contributed by atoms with Crippen molar-refractivity contribution in [3.63, 3.8) is 0 Å². The van der Waals surface area contributed by atoms with Gasteiger partial charge >= 0.3 is 13.3 Å². The van der Waals surface area contributed by atoms with Crippen LogP contribution < -0.4 is 9.55 Å². The third kappa shape index (κ3) is 3.83. The summed E-state index contributed by atoms with van der Waals surface area (Å²) < 4.78 is 23.8. The van der Waals surface area contributed by atoms with Crippen LogP contribution in [0.3, 0.4) is 0 Å². The molecule has 1 aromatic rings. The second kappa shape index (κ2) is 6.88. The van der Waals surface area contributed by atoms with E-state index in [0.717, 1.165) is 0 Å². The fourth-order valence-electron chi connectivity index (χ4n) is 2.18. The fraction of sp³-hybridized carbons (Fsp3) is 0.583. The van der Waals surface area contributed by atoms with Crippen molar-refractivity contribution in [1.29, 1.82) is 0 Å². The topological polar surface area (TPSA) is 105 Å². The van der Waals surface area contributed by atoms with Crippen LogP contribution in [0.5, 0.6) is 5.75 Å². The van der Waals surface area contributed by atoms with E-state index in [2.05, 4.69) is 14.6 Å². The molecule has 1 aromatic heterocycles. The van der Waals surface area contributed by atoms with Crippen LogP contribution in [0.25, 0.3) is 0 Å². The lowest BCUT2D eigenvalue weighted by Crippen LogP contribution is -2.47. The molecule has 0 saturated carbocycles. The lowest BCUT2D eigenvalue weighted by Gasteiger charge is -2.34. The summed E-state index contributed by atoms with van der Waals surface area (Å²) >= 11 is 0. The van der Waals surface area contributed by atoms with Crippen LogP contribution in [0.2, 0.25) is 0 Å². The maximum absolute atomic E-state index is 14.4. The highest BCUT2D eigenvalue weighted by molar-refractivity contribution is 6.33. The average Bonchev–Trinajstić information content (AvgIpc) is 2.49. The Hall–Kier alpha value is -1.94. The predicted molar refractivity (Wildman–Crippen MR) is 74.8 cm³/mol. The molecule has 8 nitrogen and oxygen atoms in total. The summed E-state index contributed by atoms with van der Waals surface area (Å²) in [5, 5.41) is 17.3. The molecule has 0 aromatic carbocycles. The molecular formula is C12H17BFN3O5. The first kappa shape index (κ1) is 16.4. The molecule has 0 amide bonds. The van der Waals surface area contributed by atoms with E-state index in [1.807, 2.05) is 0 Å². The van der Waals surface area contributed by atoms with E-state index in [4.69, 9.17) is 14.8 Å². The standard InChI is InChI=1S/C12H17BFN3O5/c1-2-21-10(18)12(14)3-5-17(6-4-12)11-15-7-9(8-16-11)22-13(19)20/h7-8,19-20H,2-6H2,1H3. The van der Waals surface area contributed by atoms with Crippen molar-refractivity contribution in [3.05, 3.63) is 12.4 Å². The molecule has 2 N–H and O–H groups in total. The summed E-state index contributed by atoms with van der Waals surface area (Å²) in [4.78, 5) is 21.4. The van der Waals surface area contributed by atoms with Gasteiger partial charge < -0.3 is 24.3 Å². The van der Waals surface area contributed by atoms with Gasteiger partial charge in [0.25, 0.3) is 0 Å². The van der Waals surface area contributed by atoms with E-state index >= 15 is 0 Å². The van der Waals surface area contributed by atoms with Gasteiger partial charge in [-0.3, -0.25) is 0 Å². The Morgan fingerprint density at radius 1 is 1.41 bits per heavy atom. The zero-order valence-corrected chi connectivity index (χ0v) is 12.1. The number of ether oxygens (including phenoxy) is 1. The number of rotatable bonds is 5. The number of hydrogen-bond acceptors (Lipinski definition) is 8. The van der Waals surface area contributed by atoms with Crippen molar-refractivity contribution < 1.29 is 28.6 Å². The Morgan fingerprint density at radius 3 is 2.50 bits per heavy atom. The molecular weight excluding hydrogens is 296 g/mol.